The lowest BCUT2D eigenvalue weighted by molar-refractivity contribution is -0.0280. The molecule has 0 saturated heterocycles. The molecule has 0 radical (unpaired) electrons. The van der Waals surface area contributed by atoms with Crippen LogP contribution in [0.2, 0.25) is 0 Å². The summed E-state index contributed by atoms with van der Waals surface area (Å²) in [6.45, 7) is 0. The van der Waals surface area contributed by atoms with E-state index in [4.69, 9.17) is 11.6 Å². The standard InChI is InChI=1S/C18H27ClF4/c19-13-4-1-10(2-5-13)11-3-6-14(15(20)7-11)12-8-16(21)18(23)17(22)9-12/h10-18H,1-9H2. The van der Waals surface area contributed by atoms with Gasteiger partial charge in [0.25, 0.3) is 0 Å². The molecule has 3 fully saturated rings. The number of hydrogen-bond acceptors (Lipinski definition) is 0. The van der Waals surface area contributed by atoms with Crippen molar-refractivity contribution in [3.63, 3.8) is 0 Å². The second-order valence-corrected chi connectivity index (χ2v) is 8.59. The van der Waals surface area contributed by atoms with Crippen LogP contribution in [0.4, 0.5) is 17.6 Å². The molecule has 5 heteroatoms. The minimum atomic E-state index is -2.02. The van der Waals surface area contributed by atoms with Gasteiger partial charge in [-0.3, -0.25) is 0 Å². The maximum atomic E-state index is 14.7. The van der Waals surface area contributed by atoms with Crippen molar-refractivity contribution in [3.05, 3.63) is 0 Å². The van der Waals surface area contributed by atoms with Gasteiger partial charge in [0.05, 0.1) is 0 Å². The van der Waals surface area contributed by atoms with E-state index in [2.05, 4.69) is 0 Å². The summed E-state index contributed by atoms with van der Waals surface area (Å²) < 4.78 is 55.2. The van der Waals surface area contributed by atoms with Gasteiger partial charge in [-0.15, -0.1) is 11.6 Å². The fraction of sp³-hybridized carbons (Fsp3) is 1.00. The van der Waals surface area contributed by atoms with Crippen LogP contribution in [0.1, 0.15) is 57.8 Å². The van der Waals surface area contributed by atoms with Gasteiger partial charge in [-0.2, -0.15) is 0 Å². The Balaban J connectivity index is 1.54. The fourth-order valence-electron chi connectivity index (χ4n) is 5.19. The highest BCUT2D eigenvalue weighted by atomic mass is 35.5. The molecule has 0 aromatic carbocycles. The molecule has 3 aliphatic rings. The minimum Gasteiger partial charge on any atom is -0.247 e. The molecular formula is C18H27ClF4. The maximum Gasteiger partial charge on any atom is 0.162 e. The Morgan fingerprint density at radius 3 is 1.65 bits per heavy atom. The first kappa shape index (κ1) is 17.8. The van der Waals surface area contributed by atoms with Crippen LogP contribution in [-0.4, -0.2) is 30.1 Å². The number of alkyl halides is 5. The first-order valence-electron chi connectivity index (χ1n) is 9.16. The summed E-state index contributed by atoms with van der Waals surface area (Å²) in [6, 6.07) is 0. The normalized spacial score (nSPS) is 52.3. The van der Waals surface area contributed by atoms with Crippen molar-refractivity contribution in [2.45, 2.75) is 87.9 Å². The number of rotatable bonds is 2. The van der Waals surface area contributed by atoms with E-state index in [9.17, 15) is 17.6 Å². The highest BCUT2D eigenvalue weighted by Gasteiger charge is 2.45. The van der Waals surface area contributed by atoms with E-state index in [1.54, 1.807) is 0 Å². The largest absolute Gasteiger partial charge is 0.247 e. The van der Waals surface area contributed by atoms with Crippen LogP contribution in [0.5, 0.6) is 0 Å². The molecular weight excluding hydrogens is 328 g/mol. The van der Waals surface area contributed by atoms with Gasteiger partial charge >= 0.3 is 0 Å². The summed E-state index contributed by atoms with van der Waals surface area (Å²) in [7, 11) is 0. The van der Waals surface area contributed by atoms with E-state index in [-0.39, 0.29) is 30.1 Å². The zero-order valence-corrected chi connectivity index (χ0v) is 14.2. The minimum absolute atomic E-state index is 0.0192. The third kappa shape index (κ3) is 3.99. The lowest BCUT2D eigenvalue weighted by Crippen LogP contribution is -2.43. The molecule has 0 spiro atoms. The molecule has 23 heavy (non-hydrogen) atoms. The van der Waals surface area contributed by atoms with Gasteiger partial charge in [-0.05, 0) is 81.5 Å². The highest BCUT2D eigenvalue weighted by Crippen LogP contribution is 2.47. The van der Waals surface area contributed by atoms with Gasteiger partial charge in [-0.1, -0.05) is 0 Å². The summed E-state index contributed by atoms with van der Waals surface area (Å²) in [6.07, 6.45) is -0.304. The van der Waals surface area contributed by atoms with Gasteiger partial charge in [0.2, 0.25) is 0 Å². The predicted octanol–water partition coefficient (Wildman–Crippen LogP) is 5.96. The van der Waals surface area contributed by atoms with Gasteiger partial charge in [0.1, 0.15) is 18.5 Å². The molecule has 0 aromatic rings. The Bertz CT molecular complexity index is 373. The van der Waals surface area contributed by atoms with Crippen LogP contribution >= 0.6 is 11.6 Å². The average Bonchev–Trinajstić information content (AvgIpc) is 2.53. The van der Waals surface area contributed by atoms with Gasteiger partial charge in [0.15, 0.2) is 6.17 Å². The molecule has 3 aliphatic carbocycles. The Labute approximate surface area is 141 Å². The monoisotopic (exact) mass is 354 g/mol. The molecule has 0 N–H and O–H groups in total. The number of halogens is 5. The van der Waals surface area contributed by atoms with E-state index in [1.165, 1.54) is 0 Å². The van der Waals surface area contributed by atoms with E-state index in [0.717, 1.165) is 32.1 Å². The molecule has 0 bridgehead atoms. The van der Waals surface area contributed by atoms with E-state index in [1.807, 2.05) is 0 Å². The molecule has 3 rings (SSSR count). The van der Waals surface area contributed by atoms with Crippen molar-refractivity contribution in [2.24, 2.45) is 23.7 Å². The van der Waals surface area contributed by atoms with Crippen molar-refractivity contribution in [1.29, 1.82) is 0 Å². The lowest BCUT2D eigenvalue weighted by Gasteiger charge is -2.43. The molecule has 0 aliphatic heterocycles. The summed E-state index contributed by atoms with van der Waals surface area (Å²) >= 11 is 6.14. The van der Waals surface area contributed by atoms with Gasteiger partial charge in [-0.25, -0.2) is 17.6 Å². The molecule has 3 saturated carbocycles. The molecule has 134 valence electrons. The Morgan fingerprint density at radius 2 is 1.09 bits per heavy atom. The van der Waals surface area contributed by atoms with Crippen LogP contribution in [0.3, 0.4) is 0 Å². The van der Waals surface area contributed by atoms with Crippen molar-refractivity contribution < 1.29 is 17.6 Å². The van der Waals surface area contributed by atoms with Crippen molar-refractivity contribution in [1.82, 2.24) is 0 Å². The van der Waals surface area contributed by atoms with Crippen LogP contribution in [0, 0.1) is 23.7 Å². The number of hydrogen-bond donors (Lipinski definition) is 0. The highest BCUT2D eigenvalue weighted by molar-refractivity contribution is 6.20. The van der Waals surface area contributed by atoms with Crippen LogP contribution in [0.25, 0.3) is 0 Å². The van der Waals surface area contributed by atoms with E-state index < -0.39 is 24.7 Å². The molecule has 0 aromatic heterocycles. The van der Waals surface area contributed by atoms with Crippen LogP contribution in [0.15, 0.2) is 0 Å². The summed E-state index contributed by atoms with van der Waals surface area (Å²) in [5, 5.41) is 0.266. The Hall–Kier alpha value is 0.01000. The second kappa shape index (κ2) is 7.49. The molecule has 0 nitrogen and oxygen atoms in total. The smallest absolute Gasteiger partial charge is 0.162 e. The molecule has 5 unspecified atom stereocenters. The Morgan fingerprint density at radius 1 is 0.565 bits per heavy atom. The van der Waals surface area contributed by atoms with E-state index in [0.29, 0.717) is 24.7 Å². The van der Waals surface area contributed by atoms with Crippen molar-refractivity contribution in [2.75, 3.05) is 0 Å². The van der Waals surface area contributed by atoms with Crippen LogP contribution < -0.4 is 0 Å². The summed E-state index contributed by atoms with van der Waals surface area (Å²) in [5.41, 5.74) is 0. The van der Waals surface area contributed by atoms with Gasteiger partial charge < -0.3 is 0 Å². The quantitative estimate of drug-likeness (QED) is 0.424. The fourth-order valence-corrected chi connectivity index (χ4v) is 5.44. The van der Waals surface area contributed by atoms with Crippen LogP contribution in [-0.2, 0) is 0 Å². The SMILES string of the molecule is FC1CC(C2CCC(C3CCC(Cl)CC3)CC2F)CC(F)C1F. The zero-order valence-electron chi connectivity index (χ0n) is 13.4. The third-order valence-electron chi connectivity index (χ3n) is 6.58. The molecule has 0 heterocycles. The first-order chi connectivity index (χ1) is 11.0. The second-order valence-electron chi connectivity index (χ2n) is 7.97. The average molecular weight is 355 g/mol. The van der Waals surface area contributed by atoms with Crippen molar-refractivity contribution >= 4 is 11.6 Å². The summed E-state index contributed by atoms with van der Waals surface area (Å²) in [5.74, 6) is 0.292. The summed E-state index contributed by atoms with van der Waals surface area (Å²) in [4.78, 5) is 0. The molecule has 5 atom stereocenters. The van der Waals surface area contributed by atoms with E-state index >= 15 is 0 Å². The predicted molar refractivity (Wildman–Crippen MR) is 84.7 cm³/mol. The zero-order chi connectivity index (χ0) is 16.6. The first-order valence-corrected chi connectivity index (χ1v) is 9.59. The maximum absolute atomic E-state index is 14.7. The lowest BCUT2D eigenvalue weighted by atomic mass is 9.65. The molecule has 0 amide bonds. The topological polar surface area (TPSA) is 0 Å². The van der Waals surface area contributed by atoms with Gasteiger partial charge in [0, 0.05) is 5.38 Å². The third-order valence-corrected chi connectivity index (χ3v) is 7.02. The Kier molecular flexibility index (Phi) is 5.81. The van der Waals surface area contributed by atoms with Crippen molar-refractivity contribution in [3.8, 4) is 0 Å².